The summed E-state index contributed by atoms with van der Waals surface area (Å²) in [6.45, 7) is 3.06. The Hall–Kier alpha value is -2.34. The first-order valence-electron chi connectivity index (χ1n) is 6.60. The maximum absolute atomic E-state index is 11.5. The van der Waals surface area contributed by atoms with Crippen LogP contribution in [0.5, 0.6) is 0 Å². The normalized spacial score (nSPS) is 13.7. The number of benzene rings is 1. The van der Waals surface area contributed by atoms with Crippen molar-refractivity contribution in [1.29, 1.82) is 0 Å². The first kappa shape index (κ1) is 15.1. The molecule has 0 spiro atoms. The Bertz CT molecular complexity index is 626. The van der Waals surface area contributed by atoms with Crippen molar-refractivity contribution in [2.75, 3.05) is 13.2 Å². The maximum Gasteiger partial charge on any atom is 0.396 e. The SMILES string of the molecule is CCOC(=O)C(=O)NCC(C)(O)c1cc2ccccc2o1. The van der Waals surface area contributed by atoms with Gasteiger partial charge < -0.3 is 19.6 Å². The maximum atomic E-state index is 11.5. The topological polar surface area (TPSA) is 88.8 Å². The van der Waals surface area contributed by atoms with Gasteiger partial charge in [-0.3, -0.25) is 4.79 Å². The summed E-state index contributed by atoms with van der Waals surface area (Å²) in [6.07, 6.45) is 0. The molecule has 6 nitrogen and oxygen atoms in total. The molecule has 0 fully saturated rings. The van der Waals surface area contributed by atoms with Crippen LogP contribution in [0.15, 0.2) is 34.7 Å². The summed E-state index contributed by atoms with van der Waals surface area (Å²) in [4.78, 5) is 22.7. The van der Waals surface area contributed by atoms with Gasteiger partial charge in [0, 0.05) is 5.39 Å². The molecule has 1 aromatic heterocycles. The summed E-state index contributed by atoms with van der Waals surface area (Å²) < 4.78 is 10.1. The Morgan fingerprint density at radius 2 is 2.10 bits per heavy atom. The number of hydrogen-bond acceptors (Lipinski definition) is 5. The van der Waals surface area contributed by atoms with Gasteiger partial charge in [-0.25, -0.2) is 4.79 Å². The molecule has 0 saturated heterocycles. The Balaban J connectivity index is 2.07. The molecule has 2 N–H and O–H groups in total. The number of ether oxygens (including phenoxy) is 1. The number of carbonyl (C=O) groups excluding carboxylic acids is 2. The van der Waals surface area contributed by atoms with Crippen LogP contribution in [0.2, 0.25) is 0 Å². The van der Waals surface area contributed by atoms with Crippen LogP contribution in [-0.2, 0) is 19.9 Å². The van der Waals surface area contributed by atoms with Crippen molar-refractivity contribution in [2.45, 2.75) is 19.4 Å². The molecule has 0 aliphatic heterocycles. The fourth-order valence-electron chi connectivity index (χ4n) is 1.86. The zero-order chi connectivity index (χ0) is 15.5. The van der Waals surface area contributed by atoms with Gasteiger partial charge in [0.2, 0.25) is 0 Å². The molecule has 6 heteroatoms. The van der Waals surface area contributed by atoms with Crippen molar-refractivity contribution in [3.05, 3.63) is 36.1 Å². The van der Waals surface area contributed by atoms with E-state index < -0.39 is 17.5 Å². The number of hydrogen-bond donors (Lipinski definition) is 2. The smallest absolute Gasteiger partial charge is 0.396 e. The van der Waals surface area contributed by atoms with Crippen molar-refractivity contribution >= 4 is 22.8 Å². The van der Waals surface area contributed by atoms with Crippen molar-refractivity contribution in [3.63, 3.8) is 0 Å². The fourth-order valence-corrected chi connectivity index (χ4v) is 1.86. The average Bonchev–Trinajstić information content (AvgIpc) is 2.90. The minimum atomic E-state index is -1.43. The second-order valence-electron chi connectivity index (χ2n) is 4.83. The van der Waals surface area contributed by atoms with Crippen molar-refractivity contribution in [3.8, 4) is 0 Å². The third kappa shape index (κ3) is 3.41. The molecule has 2 aromatic rings. The summed E-state index contributed by atoms with van der Waals surface area (Å²) in [7, 11) is 0. The monoisotopic (exact) mass is 291 g/mol. The molecule has 0 aliphatic rings. The highest BCUT2D eigenvalue weighted by Crippen LogP contribution is 2.27. The highest BCUT2D eigenvalue weighted by atomic mass is 16.5. The van der Waals surface area contributed by atoms with E-state index >= 15 is 0 Å². The minimum Gasteiger partial charge on any atom is -0.459 e. The number of para-hydroxylation sites is 1. The van der Waals surface area contributed by atoms with Crippen LogP contribution in [0.25, 0.3) is 11.0 Å². The Morgan fingerprint density at radius 3 is 2.76 bits per heavy atom. The molecule has 1 heterocycles. The van der Waals surface area contributed by atoms with E-state index in [1.165, 1.54) is 6.92 Å². The second kappa shape index (κ2) is 5.97. The molecule has 0 bridgehead atoms. The van der Waals surface area contributed by atoms with Crippen molar-refractivity contribution in [1.82, 2.24) is 5.32 Å². The number of nitrogens with one attached hydrogen (secondary N) is 1. The van der Waals surface area contributed by atoms with Crippen LogP contribution >= 0.6 is 0 Å². The van der Waals surface area contributed by atoms with E-state index in [1.807, 2.05) is 18.2 Å². The Morgan fingerprint density at radius 1 is 1.38 bits per heavy atom. The highest BCUT2D eigenvalue weighted by Gasteiger charge is 2.29. The zero-order valence-electron chi connectivity index (χ0n) is 11.9. The number of esters is 1. The molecule has 1 unspecified atom stereocenters. The molecule has 0 radical (unpaired) electrons. The molecule has 1 amide bonds. The first-order chi connectivity index (χ1) is 9.94. The summed E-state index contributed by atoms with van der Waals surface area (Å²) >= 11 is 0. The first-order valence-corrected chi connectivity index (χ1v) is 6.60. The zero-order valence-corrected chi connectivity index (χ0v) is 11.9. The van der Waals surface area contributed by atoms with Gasteiger partial charge in [0.25, 0.3) is 0 Å². The van der Waals surface area contributed by atoms with E-state index in [0.29, 0.717) is 11.3 Å². The van der Waals surface area contributed by atoms with Gasteiger partial charge in [-0.05, 0) is 26.0 Å². The summed E-state index contributed by atoms with van der Waals surface area (Å²) in [5, 5.41) is 13.6. The quantitative estimate of drug-likeness (QED) is 0.655. The van der Waals surface area contributed by atoms with Crippen LogP contribution in [0.1, 0.15) is 19.6 Å². The van der Waals surface area contributed by atoms with Gasteiger partial charge in [0.05, 0.1) is 13.2 Å². The number of furan rings is 1. The molecule has 1 aromatic carbocycles. The molecular weight excluding hydrogens is 274 g/mol. The third-order valence-electron chi connectivity index (χ3n) is 3.01. The number of aliphatic hydroxyl groups is 1. The van der Waals surface area contributed by atoms with Gasteiger partial charge in [0.15, 0.2) is 0 Å². The van der Waals surface area contributed by atoms with Crippen LogP contribution in [-0.4, -0.2) is 30.1 Å². The molecule has 0 aliphatic carbocycles. The minimum absolute atomic E-state index is 0.117. The Labute approximate surface area is 121 Å². The van der Waals surface area contributed by atoms with Gasteiger partial charge in [-0.15, -0.1) is 0 Å². The summed E-state index contributed by atoms with van der Waals surface area (Å²) in [5.74, 6) is -1.56. The van der Waals surface area contributed by atoms with Crippen molar-refractivity contribution in [2.24, 2.45) is 0 Å². The van der Waals surface area contributed by atoms with E-state index in [2.05, 4.69) is 10.1 Å². The van der Waals surface area contributed by atoms with Gasteiger partial charge in [0.1, 0.15) is 16.9 Å². The lowest BCUT2D eigenvalue weighted by atomic mass is 10.0. The average molecular weight is 291 g/mol. The van der Waals surface area contributed by atoms with E-state index in [9.17, 15) is 14.7 Å². The molecule has 2 rings (SSSR count). The van der Waals surface area contributed by atoms with Crippen LogP contribution in [0, 0.1) is 0 Å². The second-order valence-corrected chi connectivity index (χ2v) is 4.83. The number of carbonyl (C=O) groups is 2. The lowest BCUT2D eigenvalue weighted by molar-refractivity contribution is -0.155. The van der Waals surface area contributed by atoms with E-state index in [4.69, 9.17) is 4.42 Å². The van der Waals surface area contributed by atoms with E-state index in [-0.39, 0.29) is 13.2 Å². The number of fused-ring (bicyclic) bond motifs is 1. The predicted octanol–water partition coefficient (Wildman–Crippen LogP) is 1.32. The van der Waals surface area contributed by atoms with E-state index in [1.54, 1.807) is 19.1 Å². The lowest BCUT2D eigenvalue weighted by Gasteiger charge is -2.20. The van der Waals surface area contributed by atoms with Gasteiger partial charge in [-0.2, -0.15) is 0 Å². The van der Waals surface area contributed by atoms with E-state index in [0.717, 1.165) is 5.39 Å². The number of rotatable bonds is 4. The summed E-state index contributed by atoms with van der Waals surface area (Å²) in [5.41, 5.74) is -0.786. The summed E-state index contributed by atoms with van der Waals surface area (Å²) in [6, 6.07) is 9.03. The van der Waals surface area contributed by atoms with Crippen molar-refractivity contribution < 1.29 is 23.8 Å². The van der Waals surface area contributed by atoms with Gasteiger partial charge >= 0.3 is 11.9 Å². The molecule has 21 heavy (non-hydrogen) atoms. The fraction of sp³-hybridized carbons (Fsp3) is 0.333. The lowest BCUT2D eigenvalue weighted by Crippen LogP contribution is -2.41. The largest absolute Gasteiger partial charge is 0.459 e. The molecule has 0 saturated carbocycles. The standard InChI is InChI=1S/C15H17NO5/c1-3-20-14(18)13(17)16-9-15(2,19)12-8-10-6-4-5-7-11(10)21-12/h4-8,19H,3,9H2,1-2H3,(H,16,17). The van der Waals surface area contributed by atoms with Crippen LogP contribution in [0.4, 0.5) is 0 Å². The van der Waals surface area contributed by atoms with Crippen LogP contribution in [0.3, 0.4) is 0 Å². The predicted molar refractivity (Wildman–Crippen MR) is 75.4 cm³/mol. The third-order valence-corrected chi connectivity index (χ3v) is 3.01. The molecule has 112 valence electrons. The Kier molecular flexibility index (Phi) is 4.28. The molecule has 1 atom stereocenters. The highest BCUT2D eigenvalue weighted by molar-refractivity contribution is 6.32. The number of amides is 1. The van der Waals surface area contributed by atoms with Crippen LogP contribution < -0.4 is 5.32 Å². The van der Waals surface area contributed by atoms with Gasteiger partial charge in [-0.1, -0.05) is 18.2 Å². The molecular formula is C15H17NO5.